The van der Waals surface area contributed by atoms with E-state index in [1.807, 2.05) is 44.2 Å². The number of carbonyl (C=O) groups excluding carboxylic acids is 1. The monoisotopic (exact) mass is 301 g/mol. The van der Waals surface area contributed by atoms with Gasteiger partial charge < -0.3 is 15.2 Å². The molecule has 22 heavy (non-hydrogen) atoms. The van der Waals surface area contributed by atoms with Gasteiger partial charge in [-0.2, -0.15) is 0 Å². The fraction of sp³-hybridized carbons (Fsp3) is 0.294. The molecule has 0 heterocycles. The Labute approximate surface area is 128 Å². The summed E-state index contributed by atoms with van der Waals surface area (Å²) in [5.41, 5.74) is 0.532. The number of fused-ring (bicyclic) bond motifs is 1. The van der Waals surface area contributed by atoms with Crippen LogP contribution in [0.15, 0.2) is 42.5 Å². The van der Waals surface area contributed by atoms with Gasteiger partial charge in [-0.05, 0) is 36.2 Å². The first-order chi connectivity index (χ1) is 10.5. The Hall–Kier alpha value is -2.40. The van der Waals surface area contributed by atoms with Crippen molar-refractivity contribution in [1.29, 1.82) is 0 Å². The third-order valence-corrected chi connectivity index (χ3v) is 3.21. The minimum atomic E-state index is -1.10. The first kappa shape index (κ1) is 16.0. The third-order valence-electron chi connectivity index (χ3n) is 3.21. The number of carbonyl (C=O) groups is 2. The molecule has 0 radical (unpaired) electrons. The maximum atomic E-state index is 11.8. The molecule has 0 bridgehead atoms. The van der Waals surface area contributed by atoms with Crippen molar-refractivity contribution in [3.8, 4) is 0 Å². The number of hydrogen-bond donors (Lipinski definition) is 2. The fourth-order valence-electron chi connectivity index (χ4n) is 2.12. The molecule has 5 heteroatoms. The van der Waals surface area contributed by atoms with E-state index in [1.54, 1.807) is 12.1 Å². The Balaban J connectivity index is 2.19. The Bertz CT molecular complexity index is 681. The number of hydrogen-bond acceptors (Lipinski definition) is 3. The molecular formula is C17H19NO4. The minimum absolute atomic E-state index is 0.0882. The largest absolute Gasteiger partial charge is 0.479 e. The Morgan fingerprint density at radius 1 is 1.14 bits per heavy atom. The summed E-state index contributed by atoms with van der Waals surface area (Å²) < 4.78 is 5.19. The summed E-state index contributed by atoms with van der Waals surface area (Å²) in [6.07, 6.45) is -0.0882. The van der Waals surface area contributed by atoms with E-state index in [4.69, 9.17) is 4.74 Å². The third kappa shape index (κ3) is 4.05. The summed E-state index contributed by atoms with van der Waals surface area (Å²) in [6, 6.07) is 11.9. The Kier molecular flexibility index (Phi) is 5.12. The second-order valence-corrected chi connectivity index (χ2v) is 5.31. The number of aliphatic carboxylic acids is 1. The molecule has 0 saturated heterocycles. The maximum Gasteiger partial charge on any atom is 0.330 e. The molecule has 1 unspecified atom stereocenters. The van der Waals surface area contributed by atoms with E-state index in [0.29, 0.717) is 5.56 Å². The van der Waals surface area contributed by atoms with Gasteiger partial charge in [0.1, 0.15) is 6.61 Å². The normalized spacial score (nSPS) is 12.3. The lowest BCUT2D eigenvalue weighted by Gasteiger charge is -2.16. The van der Waals surface area contributed by atoms with Crippen LogP contribution in [0.4, 0.5) is 0 Å². The van der Waals surface area contributed by atoms with Crippen molar-refractivity contribution in [1.82, 2.24) is 5.32 Å². The number of rotatable bonds is 6. The summed E-state index contributed by atoms with van der Waals surface area (Å²) in [4.78, 5) is 23.3. The van der Waals surface area contributed by atoms with Gasteiger partial charge in [-0.1, -0.05) is 36.4 Å². The van der Waals surface area contributed by atoms with E-state index in [2.05, 4.69) is 5.32 Å². The van der Waals surface area contributed by atoms with Gasteiger partial charge in [0.05, 0.1) is 6.10 Å². The first-order valence-corrected chi connectivity index (χ1v) is 7.10. The van der Waals surface area contributed by atoms with E-state index in [1.165, 1.54) is 0 Å². The topological polar surface area (TPSA) is 75.6 Å². The van der Waals surface area contributed by atoms with Crippen LogP contribution < -0.4 is 5.32 Å². The van der Waals surface area contributed by atoms with Crippen molar-refractivity contribution < 1.29 is 19.4 Å². The lowest BCUT2D eigenvalue weighted by molar-refractivity contribution is -0.143. The van der Waals surface area contributed by atoms with Gasteiger partial charge in [0.25, 0.3) is 0 Å². The van der Waals surface area contributed by atoms with Crippen molar-refractivity contribution in [2.75, 3.05) is 6.61 Å². The van der Waals surface area contributed by atoms with E-state index in [9.17, 15) is 14.7 Å². The van der Waals surface area contributed by atoms with Crippen molar-refractivity contribution in [3.63, 3.8) is 0 Å². The molecule has 5 nitrogen and oxygen atoms in total. The SMILES string of the molecule is CC(C)OCC(=O)NC(C(=O)O)c1ccc2ccccc2c1. The lowest BCUT2D eigenvalue weighted by Crippen LogP contribution is -2.36. The van der Waals surface area contributed by atoms with E-state index >= 15 is 0 Å². The van der Waals surface area contributed by atoms with Crippen LogP contribution in [0.1, 0.15) is 25.5 Å². The highest BCUT2D eigenvalue weighted by Gasteiger charge is 2.22. The molecule has 0 aromatic heterocycles. The van der Waals surface area contributed by atoms with Crippen LogP contribution in [0.2, 0.25) is 0 Å². The zero-order valence-electron chi connectivity index (χ0n) is 12.6. The van der Waals surface area contributed by atoms with Crippen LogP contribution in [0.25, 0.3) is 10.8 Å². The van der Waals surface area contributed by atoms with Crippen LogP contribution in [0.5, 0.6) is 0 Å². The van der Waals surface area contributed by atoms with Crippen molar-refractivity contribution in [2.45, 2.75) is 26.0 Å². The standard InChI is InChI=1S/C17H19NO4/c1-11(2)22-10-15(19)18-16(17(20)21)14-8-7-12-5-3-4-6-13(12)9-14/h3-9,11,16H,10H2,1-2H3,(H,18,19)(H,20,21). The average molecular weight is 301 g/mol. The molecule has 0 spiro atoms. The predicted octanol–water partition coefficient (Wildman–Crippen LogP) is 2.51. The van der Waals surface area contributed by atoms with Gasteiger partial charge in [-0.3, -0.25) is 4.79 Å². The number of benzene rings is 2. The molecule has 1 amide bonds. The number of carboxylic acid groups (broad SMARTS) is 1. The number of nitrogens with one attached hydrogen (secondary N) is 1. The van der Waals surface area contributed by atoms with Gasteiger partial charge in [0.15, 0.2) is 6.04 Å². The number of amides is 1. The van der Waals surface area contributed by atoms with Gasteiger partial charge in [0, 0.05) is 0 Å². The van der Waals surface area contributed by atoms with Gasteiger partial charge in [-0.15, -0.1) is 0 Å². The highest BCUT2D eigenvalue weighted by Crippen LogP contribution is 2.20. The van der Waals surface area contributed by atoms with Crippen LogP contribution in [0, 0.1) is 0 Å². The number of ether oxygens (including phenoxy) is 1. The van der Waals surface area contributed by atoms with Gasteiger partial charge >= 0.3 is 5.97 Å². The molecular weight excluding hydrogens is 282 g/mol. The molecule has 0 aliphatic carbocycles. The minimum Gasteiger partial charge on any atom is -0.479 e. The van der Waals surface area contributed by atoms with Crippen molar-refractivity contribution >= 4 is 22.6 Å². The van der Waals surface area contributed by atoms with Crippen LogP contribution in [-0.4, -0.2) is 29.7 Å². The van der Waals surface area contributed by atoms with Crippen molar-refractivity contribution in [3.05, 3.63) is 48.0 Å². The molecule has 0 fully saturated rings. The highest BCUT2D eigenvalue weighted by molar-refractivity contribution is 5.88. The van der Waals surface area contributed by atoms with E-state index < -0.39 is 17.9 Å². The zero-order valence-corrected chi connectivity index (χ0v) is 12.6. The smallest absolute Gasteiger partial charge is 0.330 e. The molecule has 0 saturated carbocycles. The first-order valence-electron chi connectivity index (χ1n) is 7.10. The summed E-state index contributed by atoms with van der Waals surface area (Å²) in [6.45, 7) is 3.46. The zero-order chi connectivity index (χ0) is 16.1. The van der Waals surface area contributed by atoms with Crippen molar-refractivity contribution in [2.24, 2.45) is 0 Å². The highest BCUT2D eigenvalue weighted by atomic mass is 16.5. The summed E-state index contributed by atoms with van der Waals surface area (Å²) in [5, 5.41) is 13.8. The molecule has 2 rings (SSSR count). The molecule has 1 atom stereocenters. The molecule has 0 aliphatic rings. The second kappa shape index (κ2) is 7.04. The van der Waals surface area contributed by atoms with E-state index in [-0.39, 0.29) is 12.7 Å². The number of carboxylic acids is 1. The summed E-state index contributed by atoms with van der Waals surface area (Å²) in [7, 11) is 0. The Morgan fingerprint density at radius 2 is 1.82 bits per heavy atom. The average Bonchev–Trinajstić information content (AvgIpc) is 2.49. The quantitative estimate of drug-likeness (QED) is 0.859. The second-order valence-electron chi connectivity index (χ2n) is 5.31. The van der Waals surface area contributed by atoms with Crippen LogP contribution in [-0.2, 0) is 14.3 Å². The van der Waals surface area contributed by atoms with E-state index in [0.717, 1.165) is 10.8 Å². The Morgan fingerprint density at radius 3 is 2.45 bits per heavy atom. The summed E-state index contributed by atoms with van der Waals surface area (Å²) in [5.74, 6) is -1.55. The predicted molar refractivity (Wildman–Crippen MR) is 83.6 cm³/mol. The molecule has 116 valence electrons. The molecule has 2 N–H and O–H groups in total. The van der Waals surface area contributed by atoms with Gasteiger partial charge in [-0.25, -0.2) is 4.79 Å². The maximum absolute atomic E-state index is 11.8. The fourth-order valence-corrected chi connectivity index (χ4v) is 2.12. The lowest BCUT2D eigenvalue weighted by atomic mass is 10.0. The van der Waals surface area contributed by atoms with Crippen LogP contribution in [0.3, 0.4) is 0 Å². The molecule has 2 aromatic carbocycles. The van der Waals surface area contributed by atoms with Crippen LogP contribution >= 0.6 is 0 Å². The van der Waals surface area contributed by atoms with Gasteiger partial charge in [0.2, 0.25) is 5.91 Å². The molecule has 0 aliphatic heterocycles. The molecule has 2 aromatic rings. The summed E-state index contributed by atoms with van der Waals surface area (Å²) >= 11 is 0.